The van der Waals surface area contributed by atoms with Crippen LogP contribution in [0.5, 0.6) is 17.2 Å². The summed E-state index contributed by atoms with van der Waals surface area (Å²) >= 11 is 0. The van der Waals surface area contributed by atoms with E-state index >= 15 is 0 Å². The number of ether oxygens (including phenoxy) is 3. The quantitative estimate of drug-likeness (QED) is 0.105. The lowest BCUT2D eigenvalue weighted by Gasteiger charge is -2.12. The molecule has 2 rings (SSSR count). The van der Waals surface area contributed by atoms with Crippen molar-refractivity contribution in [2.24, 2.45) is 0 Å². The van der Waals surface area contributed by atoms with Crippen LogP contribution in [-0.2, 0) is 9.84 Å². The van der Waals surface area contributed by atoms with E-state index in [4.69, 9.17) is 14.2 Å². The van der Waals surface area contributed by atoms with Gasteiger partial charge in [0.1, 0.15) is 17.2 Å². The summed E-state index contributed by atoms with van der Waals surface area (Å²) in [5, 5.41) is 9.49. The van der Waals surface area contributed by atoms with E-state index in [0.717, 1.165) is 19.1 Å². The number of carboxylic acid groups (broad SMARTS) is 1. The van der Waals surface area contributed by atoms with Crippen molar-refractivity contribution in [3.8, 4) is 17.2 Å². The van der Waals surface area contributed by atoms with E-state index in [2.05, 4.69) is 6.92 Å². The van der Waals surface area contributed by atoms with E-state index in [0.29, 0.717) is 43.5 Å². The fourth-order valence-electron chi connectivity index (χ4n) is 4.92. The summed E-state index contributed by atoms with van der Waals surface area (Å²) in [6.45, 7) is 3.53. The predicted octanol–water partition coefficient (Wildman–Crippen LogP) is 9.28. The van der Waals surface area contributed by atoms with Gasteiger partial charge in [0, 0.05) is 18.7 Å². The van der Waals surface area contributed by atoms with Crippen molar-refractivity contribution in [3.63, 3.8) is 0 Å². The normalized spacial score (nSPS) is 11.4. The van der Waals surface area contributed by atoms with Gasteiger partial charge in [-0.25, -0.2) is 13.2 Å². The number of benzene rings is 2. The van der Waals surface area contributed by atoms with Crippen LogP contribution in [0.15, 0.2) is 47.4 Å². The van der Waals surface area contributed by atoms with E-state index in [1.807, 2.05) is 0 Å². The SMILES string of the molecule is CCCCCCCCCCCCCCCCCCOc1cc(OCCCOc2ccc(S(C)(=O)=O)cc2)cc(C(=O)O)c1. The number of sulfone groups is 1. The number of rotatable bonds is 26. The maximum absolute atomic E-state index is 11.6. The standard InChI is InChI=1S/C35H54O7S/c1-3-4-5-6-7-8-9-10-11-12-13-14-15-16-17-18-24-41-32-27-30(35(36)37)28-33(29-32)42-26-19-25-40-31-20-22-34(23-21-31)43(2,38)39/h20-23,27-29H,3-19,24-26H2,1-2H3,(H,36,37). The molecule has 0 radical (unpaired) electrons. The molecule has 2 aromatic rings. The minimum absolute atomic E-state index is 0.127. The fourth-order valence-corrected chi connectivity index (χ4v) is 5.55. The Morgan fingerprint density at radius 1 is 0.581 bits per heavy atom. The van der Waals surface area contributed by atoms with Crippen LogP contribution < -0.4 is 14.2 Å². The predicted molar refractivity (Wildman–Crippen MR) is 174 cm³/mol. The van der Waals surface area contributed by atoms with Crippen molar-refractivity contribution in [2.75, 3.05) is 26.1 Å². The molecule has 8 heteroatoms. The molecule has 7 nitrogen and oxygen atoms in total. The molecule has 43 heavy (non-hydrogen) atoms. The van der Waals surface area contributed by atoms with Crippen molar-refractivity contribution in [2.45, 2.75) is 121 Å². The molecule has 0 spiro atoms. The molecule has 242 valence electrons. The Balaban J connectivity index is 1.54. The Morgan fingerprint density at radius 2 is 0.977 bits per heavy atom. The van der Waals surface area contributed by atoms with Gasteiger partial charge in [-0.15, -0.1) is 0 Å². The van der Waals surface area contributed by atoms with Gasteiger partial charge in [0.05, 0.1) is 30.3 Å². The van der Waals surface area contributed by atoms with Crippen molar-refractivity contribution in [3.05, 3.63) is 48.0 Å². The van der Waals surface area contributed by atoms with Crippen molar-refractivity contribution >= 4 is 15.8 Å². The lowest BCUT2D eigenvalue weighted by atomic mass is 10.0. The highest BCUT2D eigenvalue weighted by Crippen LogP contribution is 2.24. The molecule has 0 aromatic heterocycles. The summed E-state index contributed by atoms with van der Waals surface area (Å²) in [7, 11) is -3.24. The average molecular weight is 619 g/mol. The number of carbonyl (C=O) groups is 1. The Hall–Kier alpha value is -2.74. The smallest absolute Gasteiger partial charge is 0.335 e. The Bertz CT molecular complexity index is 1130. The van der Waals surface area contributed by atoms with E-state index in [1.54, 1.807) is 18.2 Å². The summed E-state index contributed by atoms with van der Waals surface area (Å²) < 4.78 is 40.4. The number of carboxylic acids is 1. The van der Waals surface area contributed by atoms with Crippen molar-refractivity contribution in [1.29, 1.82) is 0 Å². The highest BCUT2D eigenvalue weighted by Gasteiger charge is 2.10. The first-order chi connectivity index (χ1) is 20.8. The Labute approximate surface area is 260 Å². The molecule has 0 saturated heterocycles. The molecule has 0 aliphatic carbocycles. The monoisotopic (exact) mass is 618 g/mol. The maximum Gasteiger partial charge on any atom is 0.335 e. The largest absolute Gasteiger partial charge is 0.493 e. The first-order valence-electron chi connectivity index (χ1n) is 16.4. The molecule has 0 bridgehead atoms. The molecule has 1 N–H and O–H groups in total. The van der Waals surface area contributed by atoms with Gasteiger partial charge in [0.25, 0.3) is 0 Å². The van der Waals surface area contributed by atoms with Crippen LogP contribution in [0.3, 0.4) is 0 Å². The minimum Gasteiger partial charge on any atom is -0.493 e. The number of unbranched alkanes of at least 4 members (excludes halogenated alkanes) is 15. The molecule has 0 aliphatic heterocycles. The second kappa shape index (κ2) is 21.9. The molecule has 2 aromatic carbocycles. The van der Waals surface area contributed by atoms with Gasteiger partial charge in [-0.1, -0.05) is 103 Å². The fraction of sp³-hybridized carbons (Fsp3) is 0.629. The van der Waals surface area contributed by atoms with Crippen LogP contribution in [0, 0.1) is 0 Å². The molecule has 0 atom stereocenters. The lowest BCUT2D eigenvalue weighted by Crippen LogP contribution is -2.07. The van der Waals surface area contributed by atoms with Gasteiger partial charge in [0.15, 0.2) is 9.84 Å². The van der Waals surface area contributed by atoms with Crippen molar-refractivity contribution in [1.82, 2.24) is 0 Å². The van der Waals surface area contributed by atoms with Gasteiger partial charge in [-0.05, 0) is 42.8 Å². The third-order valence-electron chi connectivity index (χ3n) is 7.47. The highest BCUT2D eigenvalue weighted by atomic mass is 32.2. The van der Waals surface area contributed by atoms with Gasteiger partial charge in [0.2, 0.25) is 0 Å². The van der Waals surface area contributed by atoms with Crippen LogP contribution in [0.1, 0.15) is 126 Å². The summed E-state index contributed by atoms with van der Waals surface area (Å²) in [6, 6.07) is 11.0. The summed E-state index contributed by atoms with van der Waals surface area (Å²) in [4.78, 5) is 11.8. The molecule has 0 fully saturated rings. The van der Waals surface area contributed by atoms with Crippen LogP contribution in [-0.4, -0.2) is 45.6 Å². The molecular formula is C35H54O7S. The van der Waals surface area contributed by atoms with Gasteiger partial charge in [-0.3, -0.25) is 0 Å². The summed E-state index contributed by atoms with van der Waals surface area (Å²) in [5.41, 5.74) is 0.127. The van der Waals surface area contributed by atoms with Crippen LogP contribution >= 0.6 is 0 Å². The molecule has 0 aliphatic rings. The minimum atomic E-state index is -3.24. The van der Waals surface area contributed by atoms with E-state index < -0.39 is 15.8 Å². The van der Waals surface area contributed by atoms with Gasteiger partial charge in [-0.2, -0.15) is 0 Å². The van der Waals surface area contributed by atoms with E-state index in [1.165, 1.54) is 114 Å². The first kappa shape index (κ1) is 36.5. The van der Waals surface area contributed by atoms with Crippen molar-refractivity contribution < 1.29 is 32.5 Å². The topological polar surface area (TPSA) is 99.1 Å². The van der Waals surface area contributed by atoms with Crippen LogP contribution in [0.25, 0.3) is 0 Å². The zero-order valence-electron chi connectivity index (χ0n) is 26.5. The first-order valence-corrected chi connectivity index (χ1v) is 18.3. The van der Waals surface area contributed by atoms with E-state index in [-0.39, 0.29) is 10.5 Å². The van der Waals surface area contributed by atoms with Gasteiger partial charge < -0.3 is 19.3 Å². The number of hydrogen-bond donors (Lipinski definition) is 1. The van der Waals surface area contributed by atoms with Gasteiger partial charge >= 0.3 is 5.97 Å². The highest BCUT2D eigenvalue weighted by molar-refractivity contribution is 7.90. The summed E-state index contributed by atoms with van der Waals surface area (Å²) in [5.74, 6) is 0.487. The molecule has 0 unspecified atom stereocenters. The maximum atomic E-state index is 11.6. The molecule has 0 saturated carbocycles. The third-order valence-corrected chi connectivity index (χ3v) is 8.60. The Kier molecular flexibility index (Phi) is 18.5. The average Bonchev–Trinajstić information content (AvgIpc) is 2.98. The van der Waals surface area contributed by atoms with Crippen LogP contribution in [0.4, 0.5) is 0 Å². The van der Waals surface area contributed by atoms with Crippen LogP contribution in [0.2, 0.25) is 0 Å². The molecule has 0 amide bonds. The zero-order valence-corrected chi connectivity index (χ0v) is 27.3. The second-order valence-electron chi connectivity index (χ2n) is 11.4. The lowest BCUT2D eigenvalue weighted by molar-refractivity contribution is 0.0695. The molecular weight excluding hydrogens is 564 g/mol. The third kappa shape index (κ3) is 17.2. The Morgan fingerprint density at radius 3 is 1.40 bits per heavy atom. The zero-order chi connectivity index (χ0) is 31.2. The molecule has 0 heterocycles. The summed E-state index contributed by atoms with van der Waals surface area (Å²) in [6.07, 6.45) is 22.8. The number of aromatic carboxylic acids is 1. The number of hydrogen-bond acceptors (Lipinski definition) is 6. The second-order valence-corrected chi connectivity index (χ2v) is 13.5. The van der Waals surface area contributed by atoms with E-state index in [9.17, 15) is 18.3 Å².